The van der Waals surface area contributed by atoms with Gasteiger partial charge < -0.3 is 14.6 Å². The van der Waals surface area contributed by atoms with Crippen molar-refractivity contribution >= 4 is 0 Å². The van der Waals surface area contributed by atoms with Crippen molar-refractivity contribution in [3.8, 4) is 6.07 Å². The van der Waals surface area contributed by atoms with E-state index in [1.165, 1.54) is 6.07 Å². The Morgan fingerprint density at radius 3 is 3.00 bits per heavy atom. The van der Waals surface area contributed by atoms with Gasteiger partial charge >= 0.3 is 0 Å². The van der Waals surface area contributed by atoms with Gasteiger partial charge in [-0.15, -0.1) is 0 Å². The quantitative estimate of drug-likeness (QED) is 0.795. The van der Waals surface area contributed by atoms with E-state index in [0.29, 0.717) is 18.7 Å². The van der Waals surface area contributed by atoms with Crippen molar-refractivity contribution in [3.05, 3.63) is 59.2 Å². The predicted molar refractivity (Wildman–Crippen MR) is 78.2 cm³/mol. The summed E-state index contributed by atoms with van der Waals surface area (Å²) in [6.45, 7) is 2.63. The van der Waals surface area contributed by atoms with Crippen LogP contribution in [0.25, 0.3) is 0 Å². The molecule has 0 aliphatic carbocycles. The fourth-order valence-corrected chi connectivity index (χ4v) is 2.09. The summed E-state index contributed by atoms with van der Waals surface area (Å²) in [7, 11) is 1.67. The minimum atomic E-state index is -0.437. The van der Waals surface area contributed by atoms with Crippen molar-refractivity contribution in [2.75, 3.05) is 20.3 Å². The zero-order valence-electron chi connectivity index (χ0n) is 12.0. The molecule has 1 N–H and O–H groups in total. The van der Waals surface area contributed by atoms with E-state index in [1.54, 1.807) is 19.2 Å². The van der Waals surface area contributed by atoms with Crippen LogP contribution in [0, 0.1) is 17.1 Å². The summed E-state index contributed by atoms with van der Waals surface area (Å²) in [5.41, 5.74) is 1.73. The molecule has 0 aliphatic heterocycles. The number of benzene rings is 1. The highest BCUT2D eigenvalue weighted by molar-refractivity contribution is 5.35. The molecule has 1 aromatic carbocycles. The Hall–Kier alpha value is -2.16. The van der Waals surface area contributed by atoms with Crippen LogP contribution in [0.4, 0.5) is 4.39 Å². The smallest absolute Gasteiger partial charge is 0.145 e. The number of ether oxygens (including phenoxy) is 1. The molecule has 2 aromatic rings. The molecule has 1 heterocycles. The molecule has 0 saturated heterocycles. The molecule has 0 fully saturated rings. The maximum Gasteiger partial charge on any atom is 0.145 e. The summed E-state index contributed by atoms with van der Waals surface area (Å²) in [5, 5.41) is 12.1. The van der Waals surface area contributed by atoms with Crippen molar-refractivity contribution < 1.29 is 9.13 Å². The third-order valence-corrected chi connectivity index (χ3v) is 3.18. The second-order valence-corrected chi connectivity index (χ2v) is 4.75. The molecular formula is C16H18FN3O. The summed E-state index contributed by atoms with van der Waals surface area (Å²) in [6, 6.07) is 8.74. The molecule has 21 heavy (non-hydrogen) atoms. The van der Waals surface area contributed by atoms with E-state index in [-0.39, 0.29) is 5.56 Å². The highest BCUT2D eigenvalue weighted by atomic mass is 19.1. The topological polar surface area (TPSA) is 50.0 Å². The lowest BCUT2D eigenvalue weighted by molar-refractivity contribution is 0.199. The lowest BCUT2D eigenvalue weighted by atomic mass is 10.1. The van der Waals surface area contributed by atoms with Gasteiger partial charge in [-0.3, -0.25) is 0 Å². The van der Waals surface area contributed by atoms with Gasteiger partial charge in [-0.1, -0.05) is 12.1 Å². The van der Waals surface area contributed by atoms with Gasteiger partial charge in [-0.2, -0.15) is 5.26 Å². The van der Waals surface area contributed by atoms with E-state index in [9.17, 15) is 4.39 Å². The van der Waals surface area contributed by atoms with Crippen LogP contribution in [-0.4, -0.2) is 24.8 Å². The zero-order valence-corrected chi connectivity index (χ0v) is 12.0. The first-order valence-corrected chi connectivity index (χ1v) is 6.76. The highest BCUT2D eigenvalue weighted by Crippen LogP contribution is 2.14. The van der Waals surface area contributed by atoms with Gasteiger partial charge in [0, 0.05) is 44.7 Å². The molecule has 4 nitrogen and oxygen atoms in total. The van der Waals surface area contributed by atoms with Crippen LogP contribution in [0.2, 0.25) is 0 Å². The summed E-state index contributed by atoms with van der Waals surface area (Å²) in [4.78, 5) is 0. The number of hydrogen-bond acceptors (Lipinski definition) is 3. The van der Waals surface area contributed by atoms with E-state index in [2.05, 4.69) is 5.32 Å². The zero-order chi connectivity index (χ0) is 15.1. The maximum atomic E-state index is 14.0. The van der Waals surface area contributed by atoms with Gasteiger partial charge in [-0.05, 0) is 17.7 Å². The van der Waals surface area contributed by atoms with Crippen LogP contribution in [0.3, 0.4) is 0 Å². The monoisotopic (exact) mass is 287 g/mol. The Bertz CT molecular complexity index is 631. The fraction of sp³-hybridized carbons (Fsp3) is 0.312. The van der Waals surface area contributed by atoms with Crippen molar-refractivity contribution in [1.82, 2.24) is 9.88 Å². The number of nitriles is 1. The second kappa shape index (κ2) is 7.58. The lowest BCUT2D eigenvalue weighted by Crippen LogP contribution is -2.18. The molecule has 0 radical (unpaired) electrons. The van der Waals surface area contributed by atoms with Gasteiger partial charge in [0.05, 0.1) is 12.2 Å². The Kier molecular flexibility index (Phi) is 5.50. The van der Waals surface area contributed by atoms with E-state index >= 15 is 0 Å². The second-order valence-electron chi connectivity index (χ2n) is 4.75. The first-order valence-electron chi connectivity index (χ1n) is 6.76. The molecule has 0 atom stereocenters. The molecule has 1 aromatic heterocycles. The normalized spacial score (nSPS) is 10.5. The minimum absolute atomic E-state index is 0.0844. The number of halogens is 1. The van der Waals surface area contributed by atoms with Crippen molar-refractivity contribution in [1.29, 1.82) is 5.26 Å². The van der Waals surface area contributed by atoms with E-state index in [1.807, 2.05) is 29.1 Å². The van der Waals surface area contributed by atoms with Crippen LogP contribution in [0.1, 0.15) is 16.7 Å². The lowest BCUT2D eigenvalue weighted by Gasteiger charge is -2.06. The van der Waals surface area contributed by atoms with Crippen LogP contribution < -0.4 is 5.32 Å². The molecule has 5 heteroatoms. The van der Waals surface area contributed by atoms with Crippen LogP contribution >= 0.6 is 0 Å². The number of methoxy groups -OCH3 is 1. The van der Waals surface area contributed by atoms with Gasteiger partial charge in [-0.25, -0.2) is 4.39 Å². The molecule has 110 valence electrons. The molecule has 2 rings (SSSR count). The number of hydrogen-bond donors (Lipinski definition) is 1. The van der Waals surface area contributed by atoms with Gasteiger partial charge in [0.25, 0.3) is 0 Å². The van der Waals surface area contributed by atoms with Crippen molar-refractivity contribution in [2.24, 2.45) is 0 Å². The average molecular weight is 287 g/mol. The van der Waals surface area contributed by atoms with Gasteiger partial charge in [0.1, 0.15) is 11.9 Å². The van der Waals surface area contributed by atoms with Crippen molar-refractivity contribution in [3.63, 3.8) is 0 Å². The summed E-state index contributed by atoms with van der Waals surface area (Å²) in [5.74, 6) is -0.437. The van der Waals surface area contributed by atoms with E-state index in [4.69, 9.17) is 10.00 Å². The third-order valence-electron chi connectivity index (χ3n) is 3.18. The number of aromatic nitrogens is 1. The van der Waals surface area contributed by atoms with Crippen LogP contribution in [0.15, 0.2) is 36.7 Å². The molecule has 0 amide bonds. The minimum Gasteiger partial charge on any atom is -0.383 e. The third kappa shape index (κ3) is 4.15. The molecule has 0 bridgehead atoms. The largest absolute Gasteiger partial charge is 0.383 e. The van der Waals surface area contributed by atoms with Gasteiger partial charge in [0.15, 0.2) is 0 Å². The van der Waals surface area contributed by atoms with Crippen LogP contribution in [-0.2, 0) is 17.8 Å². The van der Waals surface area contributed by atoms with Crippen LogP contribution in [0.5, 0.6) is 0 Å². The summed E-state index contributed by atoms with van der Waals surface area (Å²) in [6.07, 6.45) is 3.88. The first kappa shape index (κ1) is 15.2. The SMILES string of the molecule is COCCNCc1ccn(Cc2cccc(C#N)c2F)c1. The number of nitrogens with one attached hydrogen (secondary N) is 1. The molecule has 0 unspecified atom stereocenters. The molecule has 0 spiro atoms. The number of nitrogens with zero attached hydrogens (tertiary/aromatic N) is 2. The van der Waals surface area contributed by atoms with E-state index < -0.39 is 5.82 Å². The maximum absolute atomic E-state index is 14.0. The summed E-state index contributed by atoms with van der Waals surface area (Å²) < 4.78 is 20.9. The molecule has 0 saturated carbocycles. The summed E-state index contributed by atoms with van der Waals surface area (Å²) >= 11 is 0. The highest BCUT2D eigenvalue weighted by Gasteiger charge is 2.08. The Balaban J connectivity index is 1.98. The fourth-order valence-electron chi connectivity index (χ4n) is 2.09. The predicted octanol–water partition coefficient (Wildman–Crippen LogP) is 2.28. The average Bonchev–Trinajstić information content (AvgIpc) is 2.93. The molecule has 0 aliphatic rings. The van der Waals surface area contributed by atoms with E-state index in [0.717, 1.165) is 18.7 Å². The Labute approximate surface area is 123 Å². The first-order chi connectivity index (χ1) is 10.2. The van der Waals surface area contributed by atoms with Gasteiger partial charge in [0.2, 0.25) is 0 Å². The standard InChI is InChI=1S/C16H18FN3O/c1-21-8-6-19-10-13-5-7-20(11-13)12-15-4-2-3-14(9-18)16(15)17/h2-5,7,11,19H,6,8,10,12H2,1H3. The number of rotatable bonds is 7. The van der Waals surface area contributed by atoms with Crippen molar-refractivity contribution in [2.45, 2.75) is 13.1 Å². The Morgan fingerprint density at radius 1 is 1.38 bits per heavy atom. The Morgan fingerprint density at radius 2 is 2.24 bits per heavy atom. The molecular weight excluding hydrogens is 269 g/mol.